The topological polar surface area (TPSA) is 63.2 Å². The summed E-state index contributed by atoms with van der Waals surface area (Å²) in [6.45, 7) is 0. The highest BCUT2D eigenvalue weighted by molar-refractivity contribution is 5.89. The van der Waals surface area contributed by atoms with Crippen LogP contribution in [0.25, 0.3) is 0 Å². The van der Waals surface area contributed by atoms with Gasteiger partial charge in [-0.1, -0.05) is 12.1 Å². The molecule has 0 fully saturated rings. The molecule has 132 valence electrons. The van der Waals surface area contributed by atoms with Crippen molar-refractivity contribution in [2.45, 2.75) is 12.5 Å². The van der Waals surface area contributed by atoms with Gasteiger partial charge < -0.3 is 23.7 Å². The average Bonchev–Trinajstić information content (AvgIpc) is 2.65. The second kappa shape index (κ2) is 6.93. The number of carbonyl (C=O) groups is 1. The normalized spacial score (nSPS) is 15.8. The minimum absolute atomic E-state index is 0.0352. The van der Waals surface area contributed by atoms with Gasteiger partial charge in [0.15, 0.2) is 34.9 Å². The molecule has 1 heterocycles. The zero-order valence-electron chi connectivity index (χ0n) is 14.6. The molecule has 1 atom stereocenters. The molecule has 0 saturated heterocycles. The van der Waals surface area contributed by atoms with E-state index in [9.17, 15) is 4.79 Å². The van der Waals surface area contributed by atoms with Crippen molar-refractivity contribution >= 4 is 5.78 Å². The van der Waals surface area contributed by atoms with E-state index < -0.39 is 6.10 Å². The number of fused-ring (bicyclic) bond motifs is 1. The summed E-state index contributed by atoms with van der Waals surface area (Å²) in [4.78, 5) is 12.6. The fourth-order valence-electron chi connectivity index (χ4n) is 2.94. The van der Waals surface area contributed by atoms with Crippen molar-refractivity contribution in [2.75, 3.05) is 28.4 Å². The van der Waals surface area contributed by atoms with Gasteiger partial charge in [0.2, 0.25) is 5.75 Å². The molecule has 1 aliphatic rings. The Labute approximate surface area is 146 Å². The second-order valence-electron chi connectivity index (χ2n) is 5.54. The summed E-state index contributed by atoms with van der Waals surface area (Å²) in [7, 11) is 6.22. The molecule has 2 aromatic carbocycles. The Balaban J connectivity index is 2.02. The van der Waals surface area contributed by atoms with Crippen molar-refractivity contribution in [3.63, 3.8) is 0 Å². The van der Waals surface area contributed by atoms with E-state index in [0.29, 0.717) is 34.3 Å². The van der Waals surface area contributed by atoms with Gasteiger partial charge in [0, 0.05) is 17.5 Å². The van der Waals surface area contributed by atoms with E-state index in [1.54, 1.807) is 52.7 Å². The predicted octanol–water partition coefficient (Wildman–Crippen LogP) is 2.97. The van der Waals surface area contributed by atoms with Gasteiger partial charge in [0.25, 0.3) is 0 Å². The SMILES string of the molecule is COc1ccc(C2Oc3c(ccc(OC)c3OC)CC2=O)cc1OC. The van der Waals surface area contributed by atoms with E-state index in [1.807, 2.05) is 6.07 Å². The average molecular weight is 344 g/mol. The van der Waals surface area contributed by atoms with Crippen molar-refractivity contribution in [1.82, 2.24) is 0 Å². The largest absolute Gasteiger partial charge is 0.493 e. The molecule has 1 unspecified atom stereocenters. The highest BCUT2D eigenvalue weighted by Gasteiger charge is 2.33. The molecular weight excluding hydrogens is 324 g/mol. The number of benzene rings is 2. The number of hydrogen-bond acceptors (Lipinski definition) is 6. The molecule has 6 heteroatoms. The molecule has 0 spiro atoms. The minimum Gasteiger partial charge on any atom is -0.493 e. The van der Waals surface area contributed by atoms with Crippen LogP contribution in [0.3, 0.4) is 0 Å². The van der Waals surface area contributed by atoms with Crippen LogP contribution in [0.2, 0.25) is 0 Å². The number of rotatable bonds is 5. The van der Waals surface area contributed by atoms with E-state index in [-0.39, 0.29) is 12.2 Å². The molecule has 3 rings (SSSR count). The van der Waals surface area contributed by atoms with Gasteiger partial charge in [0.05, 0.1) is 28.4 Å². The molecule has 6 nitrogen and oxygen atoms in total. The van der Waals surface area contributed by atoms with Gasteiger partial charge in [0.1, 0.15) is 0 Å². The summed E-state index contributed by atoms with van der Waals surface area (Å²) < 4.78 is 27.3. The first-order valence-corrected chi connectivity index (χ1v) is 7.78. The lowest BCUT2D eigenvalue weighted by Gasteiger charge is -2.27. The quantitative estimate of drug-likeness (QED) is 0.831. The van der Waals surface area contributed by atoms with Gasteiger partial charge in [-0.05, 0) is 18.2 Å². The first kappa shape index (κ1) is 17.0. The van der Waals surface area contributed by atoms with Crippen molar-refractivity contribution in [3.05, 3.63) is 41.5 Å². The number of Topliss-reactive ketones (excluding diaryl/α,β-unsaturated/α-hetero) is 1. The Hall–Kier alpha value is -2.89. The monoisotopic (exact) mass is 344 g/mol. The third-order valence-corrected chi connectivity index (χ3v) is 4.18. The fourth-order valence-corrected chi connectivity index (χ4v) is 2.94. The Morgan fingerprint density at radius 1 is 0.880 bits per heavy atom. The van der Waals surface area contributed by atoms with Gasteiger partial charge in [-0.15, -0.1) is 0 Å². The summed E-state index contributed by atoms with van der Waals surface area (Å²) in [6.07, 6.45) is -0.484. The van der Waals surface area contributed by atoms with Crippen LogP contribution in [-0.4, -0.2) is 34.2 Å². The molecule has 0 aromatic heterocycles. The standard InChI is InChI=1S/C19H20O6/c1-21-14-7-5-12(10-16(14)23-3)17-13(20)9-11-6-8-15(22-2)19(24-4)18(11)25-17/h5-8,10,17H,9H2,1-4H3. The van der Waals surface area contributed by atoms with Crippen LogP contribution in [0.1, 0.15) is 17.2 Å². The van der Waals surface area contributed by atoms with Gasteiger partial charge >= 0.3 is 0 Å². The van der Waals surface area contributed by atoms with Gasteiger partial charge in [-0.25, -0.2) is 0 Å². The molecule has 2 aromatic rings. The lowest BCUT2D eigenvalue weighted by Crippen LogP contribution is -2.26. The summed E-state index contributed by atoms with van der Waals surface area (Å²) in [6, 6.07) is 8.88. The highest BCUT2D eigenvalue weighted by atomic mass is 16.5. The molecule has 25 heavy (non-hydrogen) atoms. The molecule has 0 N–H and O–H groups in total. The summed E-state index contributed by atoms with van der Waals surface area (Å²) in [5, 5.41) is 0. The van der Waals surface area contributed by atoms with Crippen molar-refractivity contribution < 1.29 is 28.5 Å². The van der Waals surface area contributed by atoms with Gasteiger partial charge in [-0.3, -0.25) is 4.79 Å². The molecule has 0 amide bonds. The van der Waals surface area contributed by atoms with Crippen LogP contribution in [-0.2, 0) is 11.2 Å². The van der Waals surface area contributed by atoms with Crippen LogP contribution in [0.4, 0.5) is 0 Å². The summed E-state index contributed by atoms with van der Waals surface area (Å²) in [5.41, 5.74) is 1.47. The maximum Gasteiger partial charge on any atom is 0.203 e. The van der Waals surface area contributed by atoms with Crippen LogP contribution >= 0.6 is 0 Å². The van der Waals surface area contributed by atoms with E-state index in [4.69, 9.17) is 23.7 Å². The zero-order chi connectivity index (χ0) is 18.0. The zero-order valence-corrected chi connectivity index (χ0v) is 14.6. The minimum atomic E-state index is -0.742. The second-order valence-corrected chi connectivity index (χ2v) is 5.54. The van der Waals surface area contributed by atoms with Crippen LogP contribution in [0, 0.1) is 0 Å². The van der Waals surface area contributed by atoms with E-state index in [1.165, 1.54) is 0 Å². The van der Waals surface area contributed by atoms with Crippen LogP contribution in [0.15, 0.2) is 30.3 Å². The number of hydrogen-bond donors (Lipinski definition) is 0. The van der Waals surface area contributed by atoms with Crippen molar-refractivity contribution in [2.24, 2.45) is 0 Å². The van der Waals surface area contributed by atoms with Crippen molar-refractivity contribution in [3.8, 4) is 28.7 Å². The first-order valence-electron chi connectivity index (χ1n) is 7.78. The summed E-state index contributed by atoms with van der Waals surface area (Å²) >= 11 is 0. The third-order valence-electron chi connectivity index (χ3n) is 4.18. The molecule has 0 saturated carbocycles. The molecule has 1 aliphatic heterocycles. The Bertz CT molecular complexity index is 799. The van der Waals surface area contributed by atoms with Crippen LogP contribution in [0.5, 0.6) is 28.7 Å². The molecule has 0 bridgehead atoms. The Morgan fingerprint density at radius 2 is 1.56 bits per heavy atom. The number of carbonyl (C=O) groups excluding carboxylic acids is 1. The van der Waals surface area contributed by atoms with E-state index in [0.717, 1.165) is 5.56 Å². The molecule has 0 radical (unpaired) electrons. The third kappa shape index (κ3) is 2.95. The van der Waals surface area contributed by atoms with Crippen molar-refractivity contribution in [1.29, 1.82) is 0 Å². The van der Waals surface area contributed by atoms with E-state index >= 15 is 0 Å². The smallest absolute Gasteiger partial charge is 0.203 e. The maximum atomic E-state index is 12.6. The lowest BCUT2D eigenvalue weighted by atomic mass is 9.95. The number of ketones is 1. The first-order chi connectivity index (χ1) is 12.1. The summed E-state index contributed by atoms with van der Waals surface area (Å²) in [5.74, 6) is 2.67. The Morgan fingerprint density at radius 3 is 2.20 bits per heavy atom. The maximum absolute atomic E-state index is 12.6. The lowest BCUT2D eigenvalue weighted by molar-refractivity contribution is -0.126. The predicted molar refractivity (Wildman–Crippen MR) is 91.2 cm³/mol. The molecular formula is C19H20O6. The van der Waals surface area contributed by atoms with E-state index in [2.05, 4.69) is 0 Å². The number of ether oxygens (including phenoxy) is 5. The highest BCUT2D eigenvalue weighted by Crippen LogP contribution is 2.45. The Kier molecular flexibility index (Phi) is 4.70. The van der Waals surface area contributed by atoms with Crippen LogP contribution < -0.4 is 23.7 Å². The number of methoxy groups -OCH3 is 4. The molecule has 0 aliphatic carbocycles. The van der Waals surface area contributed by atoms with Gasteiger partial charge in [-0.2, -0.15) is 0 Å². The fraction of sp³-hybridized carbons (Fsp3) is 0.316.